The first-order valence-corrected chi connectivity index (χ1v) is 12.8. The third kappa shape index (κ3) is 6.47. The lowest BCUT2D eigenvalue weighted by atomic mass is 10.1. The fraction of sp³-hybridized carbons (Fsp3) is 0.192. The molecule has 1 amide bonds. The second kappa shape index (κ2) is 11.2. The van der Waals surface area contributed by atoms with Gasteiger partial charge in [-0.1, -0.05) is 53.2 Å². The highest BCUT2D eigenvalue weighted by Gasteiger charge is 2.30. The van der Waals surface area contributed by atoms with Crippen LogP contribution in [0.2, 0.25) is 10.0 Å². The number of thioether (sulfide) groups is 1. The molecule has 0 atom stereocenters. The van der Waals surface area contributed by atoms with Gasteiger partial charge in [0.15, 0.2) is 11.0 Å². The number of benzene rings is 3. The molecule has 4 aromatic rings. The SMILES string of the molecule is Cc1ccc(C(=O)NCc2nnc(SCc3ccc(C(F)(F)F)cc3)n2-c2ccc(Cl)c(Cl)c2)cc1C. The molecule has 1 heterocycles. The number of carbonyl (C=O) groups is 1. The number of rotatable bonds is 7. The van der Waals surface area contributed by atoms with Gasteiger partial charge < -0.3 is 5.32 Å². The van der Waals surface area contributed by atoms with E-state index in [-0.39, 0.29) is 12.5 Å². The van der Waals surface area contributed by atoms with Crippen LogP contribution in [0.25, 0.3) is 5.69 Å². The van der Waals surface area contributed by atoms with E-state index in [0.29, 0.717) is 43.6 Å². The normalized spacial score (nSPS) is 11.5. The molecule has 37 heavy (non-hydrogen) atoms. The molecule has 5 nitrogen and oxygen atoms in total. The standard InChI is InChI=1S/C26H21Cl2F3N4OS/c1-15-3-6-18(11-16(15)2)24(36)32-13-23-33-34-25(35(23)20-9-10-21(27)22(28)12-20)37-14-17-4-7-19(8-5-17)26(29,30)31/h3-12H,13-14H2,1-2H3,(H,32,36). The summed E-state index contributed by atoms with van der Waals surface area (Å²) < 4.78 is 40.4. The summed E-state index contributed by atoms with van der Waals surface area (Å²) in [5, 5.41) is 12.6. The summed E-state index contributed by atoms with van der Waals surface area (Å²) in [7, 11) is 0. The summed E-state index contributed by atoms with van der Waals surface area (Å²) in [6.45, 7) is 3.99. The van der Waals surface area contributed by atoms with Crippen LogP contribution in [-0.4, -0.2) is 20.7 Å². The fourth-order valence-electron chi connectivity index (χ4n) is 3.47. The second-order valence-corrected chi connectivity index (χ2v) is 10.1. The molecular weight excluding hydrogens is 544 g/mol. The Bertz CT molecular complexity index is 1440. The third-order valence-corrected chi connectivity index (χ3v) is 7.43. The number of alkyl halides is 3. The van der Waals surface area contributed by atoms with Crippen molar-refractivity contribution in [1.29, 1.82) is 0 Å². The predicted octanol–water partition coefficient (Wildman–Crippen LogP) is 7.43. The van der Waals surface area contributed by atoms with Crippen LogP contribution in [0.3, 0.4) is 0 Å². The monoisotopic (exact) mass is 564 g/mol. The van der Waals surface area contributed by atoms with Gasteiger partial charge in [-0.3, -0.25) is 9.36 Å². The Balaban J connectivity index is 1.57. The Labute approximate surface area is 226 Å². The quantitative estimate of drug-likeness (QED) is 0.237. The average molecular weight is 565 g/mol. The van der Waals surface area contributed by atoms with Crippen LogP contribution in [0.15, 0.2) is 65.8 Å². The van der Waals surface area contributed by atoms with E-state index in [1.54, 1.807) is 28.8 Å². The number of hydrogen-bond acceptors (Lipinski definition) is 4. The van der Waals surface area contributed by atoms with E-state index < -0.39 is 11.7 Å². The zero-order valence-electron chi connectivity index (χ0n) is 19.7. The number of aromatic nitrogens is 3. The van der Waals surface area contributed by atoms with E-state index in [1.165, 1.54) is 23.9 Å². The molecule has 0 bridgehead atoms. The van der Waals surface area contributed by atoms with Gasteiger partial charge in [-0.15, -0.1) is 10.2 Å². The Morgan fingerprint density at radius 3 is 2.32 bits per heavy atom. The summed E-state index contributed by atoms with van der Waals surface area (Å²) >= 11 is 13.6. The first kappa shape index (κ1) is 27.0. The molecular formula is C26H21Cl2F3N4OS. The molecule has 0 saturated carbocycles. The molecule has 0 spiro atoms. The molecule has 4 rings (SSSR count). The smallest absolute Gasteiger partial charge is 0.345 e. The molecule has 0 aliphatic heterocycles. The predicted molar refractivity (Wildman–Crippen MR) is 139 cm³/mol. The first-order valence-electron chi connectivity index (χ1n) is 11.1. The molecule has 11 heteroatoms. The number of halogens is 5. The fourth-order valence-corrected chi connectivity index (χ4v) is 4.69. The maximum atomic E-state index is 12.9. The van der Waals surface area contributed by atoms with Crippen LogP contribution < -0.4 is 5.32 Å². The molecule has 0 aliphatic rings. The van der Waals surface area contributed by atoms with Crippen LogP contribution in [0.1, 0.15) is 38.4 Å². The third-order valence-electron chi connectivity index (χ3n) is 5.69. The van der Waals surface area contributed by atoms with Crippen molar-refractivity contribution in [2.75, 3.05) is 0 Å². The van der Waals surface area contributed by atoms with Crippen LogP contribution in [0, 0.1) is 13.8 Å². The molecule has 0 saturated heterocycles. The lowest BCUT2D eigenvalue weighted by molar-refractivity contribution is -0.137. The van der Waals surface area contributed by atoms with E-state index in [2.05, 4.69) is 15.5 Å². The van der Waals surface area contributed by atoms with Gasteiger partial charge >= 0.3 is 6.18 Å². The van der Waals surface area contributed by atoms with Gasteiger partial charge in [0.25, 0.3) is 5.91 Å². The van der Waals surface area contributed by atoms with Crippen LogP contribution in [0.5, 0.6) is 0 Å². The zero-order chi connectivity index (χ0) is 26.7. The number of hydrogen-bond donors (Lipinski definition) is 1. The molecule has 3 aromatic carbocycles. The van der Waals surface area contributed by atoms with Crippen molar-refractivity contribution >= 4 is 40.9 Å². The van der Waals surface area contributed by atoms with E-state index in [1.807, 2.05) is 26.0 Å². The van der Waals surface area contributed by atoms with Crippen LogP contribution >= 0.6 is 35.0 Å². The average Bonchev–Trinajstić information content (AvgIpc) is 3.27. The molecule has 0 unspecified atom stereocenters. The summed E-state index contributed by atoms with van der Waals surface area (Å²) in [4.78, 5) is 12.8. The number of carbonyl (C=O) groups excluding carboxylic acids is 1. The highest BCUT2D eigenvalue weighted by Crippen LogP contribution is 2.32. The van der Waals surface area contributed by atoms with E-state index >= 15 is 0 Å². The summed E-state index contributed by atoms with van der Waals surface area (Å²) in [6, 6.07) is 15.5. The molecule has 1 aromatic heterocycles. The van der Waals surface area contributed by atoms with Crippen LogP contribution in [0.4, 0.5) is 13.2 Å². The Morgan fingerprint density at radius 2 is 1.68 bits per heavy atom. The molecule has 1 N–H and O–H groups in total. The van der Waals surface area contributed by atoms with Crippen molar-refractivity contribution < 1.29 is 18.0 Å². The lowest BCUT2D eigenvalue weighted by Gasteiger charge is -2.12. The van der Waals surface area contributed by atoms with Crippen molar-refractivity contribution in [2.24, 2.45) is 0 Å². The van der Waals surface area contributed by atoms with Gasteiger partial charge in [0.1, 0.15) is 0 Å². The Hall–Kier alpha value is -3.01. The molecule has 0 fully saturated rings. The lowest BCUT2D eigenvalue weighted by Crippen LogP contribution is -2.24. The second-order valence-electron chi connectivity index (χ2n) is 8.30. The van der Waals surface area contributed by atoms with Crippen LogP contribution in [-0.2, 0) is 18.5 Å². The minimum atomic E-state index is -4.39. The number of nitrogens with zero attached hydrogens (tertiary/aromatic N) is 3. The molecule has 0 radical (unpaired) electrons. The van der Waals surface area contributed by atoms with Crippen molar-refractivity contribution in [1.82, 2.24) is 20.1 Å². The molecule has 192 valence electrons. The van der Waals surface area contributed by atoms with Gasteiger partial charge in [-0.2, -0.15) is 13.2 Å². The van der Waals surface area contributed by atoms with Gasteiger partial charge in [0, 0.05) is 11.3 Å². The highest BCUT2D eigenvalue weighted by atomic mass is 35.5. The Morgan fingerprint density at radius 1 is 0.946 bits per heavy atom. The maximum absolute atomic E-state index is 12.9. The highest BCUT2D eigenvalue weighted by molar-refractivity contribution is 7.98. The van der Waals surface area contributed by atoms with Gasteiger partial charge in [0.2, 0.25) is 0 Å². The summed E-state index contributed by atoms with van der Waals surface area (Å²) in [6.07, 6.45) is -4.39. The van der Waals surface area contributed by atoms with E-state index in [4.69, 9.17) is 23.2 Å². The summed E-state index contributed by atoms with van der Waals surface area (Å²) in [5.41, 5.74) is 3.23. The van der Waals surface area contributed by atoms with Gasteiger partial charge in [-0.05, 0) is 73.0 Å². The van der Waals surface area contributed by atoms with Crippen molar-refractivity contribution in [2.45, 2.75) is 37.5 Å². The van der Waals surface area contributed by atoms with E-state index in [0.717, 1.165) is 23.3 Å². The maximum Gasteiger partial charge on any atom is 0.416 e. The summed E-state index contributed by atoms with van der Waals surface area (Å²) in [5.74, 6) is 0.545. The van der Waals surface area contributed by atoms with Crippen molar-refractivity contribution in [3.05, 3.63) is 104 Å². The minimum absolute atomic E-state index is 0.0832. The largest absolute Gasteiger partial charge is 0.416 e. The van der Waals surface area contributed by atoms with Gasteiger partial charge in [-0.25, -0.2) is 0 Å². The van der Waals surface area contributed by atoms with E-state index in [9.17, 15) is 18.0 Å². The van der Waals surface area contributed by atoms with Crippen molar-refractivity contribution in [3.63, 3.8) is 0 Å². The van der Waals surface area contributed by atoms with Crippen molar-refractivity contribution in [3.8, 4) is 5.69 Å². The number of nitrogens with one attached hydrogen (secondary N) is 1. The minimum Gasteiger partial charge on any atom is -0.345 e. The van der Waals surface area contributed by atoms with Gasteiger partial charge in [0.05, 0.1) is 27.8 Å². The number of amides is 1. The zero-order valence-corrected chi connectivity index (χ0v) is 22.1. The molecule has 0 aliphatic carbocycles. The Kier molecular flexibility index (Phi) is 8.16. The number of aryl methyl sites for hydroxylation is 2. The topological polar surface area (TPSA) is 59.8 Å². The first-order chi connectivity index (χ1) is 17.5.